The summed E-state index contributed by atoms with van der Waals surface area (Å²) in [6.07, 6.45) is 5.74. The molecule has 3 aromatic rings. The summed E-state index contributed by atoms with van der Waals surface area (Å²) < 4.78 is 12.7. The van der Waals surface area contributed by atoms with Crippen molar-refractivity contribution in [2.75, 3.05) is 20.3 Å². The molecule has 1 fully saturated rings. The number of Topliss-reactive ketones (excluding diaryl/α,β-unsaturated/α-hetero) is 1. The Morgan fingerprint density at radius 2 is 1.97 bits per heavy atom. The van der Waals surface area contributed by atoms with Gasteiger partial charge in [-0.1, -0.05) is 18.2 Å². The van der Waals surface area contributed by atoms with Gasteiger partial charge in [-0.3, -0.25) is 9.59 Å². The Kier molecular flexibility index (Phi) is 7.05. The summed E-state index contributed by atoms with van der Waals surface area (Å²) in [7, 11) is 1.50. The number of ether oxygens (including phenoxy) is 2. The maximum atomic E-state index is 13.2. The number of likely N-dealkylation sites (tertiary alicyclic amines) is 1. The van der Waals surface area contributed by atoms with Gasteiger partial charge < -0.3 is 29.2 Å². The minimum absolute atomic E-state index is 0.0287. The fourth-order valence-corrected chi connectivity index (χ4v) is 4.20. The average molecular weight is 478 g/mol. The quantitative estimate of drug-likeness (QED) is 0.275. The topological polar surface area (TPSA) is 114 Å². The van der Waals surface area contributed by atoms with Crippen LogP contribution in [0.25, 0.3) is 5.76 Å². The number of nitrogens with zero attached hydrogens (tertiary/aromatic N) is 3. The van der Waals surface area contributed by atoms with Crippen LogP contribution in [0.15, 0.2) is 66.8 Å². The van der Waals surface area contributed by atoms with Crippen LogP contribution in [0.5, 0.6) is 17.2 Å². The standard InChI is InChI=1S/C26H27N3O6/c1-3-35-21-15-17(8-9-20(21)30)23-22(24(31)18-6-4-7-19(14-18)34-2)25(32)26(33)29(23)12-5-11-28-13-10-27-16-28/h4,6-10,13-16,23,30-31H,3,5,11-12H2,1-2H3/b24-22+. The predicted molar refractivity (Wildman–Crippen MR) is 128 cm³/mol. The van der Waals surface area contributed by atoms with E-state index in [1.807, 2.05) is 10.8 Å². The van der Waals surface area contributed by atoms with Crippen LogP contribution in [-0.2, 0) is 16.1 Å². The van der Waals surface area contributed by atoms with Gasteiger partial charge in [0.2, 0.25) is 0 Å². The summed E-state index contributed by atoms with van der Waals surface area (Å²) in [6, 6.07) is 10.5. The van der Waals surface area contributed by atoms with E-state index >= 15 is 0 Å². The van der Waals surface area contributed by atoms with Gasteiger partial charge in [0, 0.05) is 31.0 Å². The number of aryl methyl sites for hydroxylation is 1. The number of carbonyl (C=O) groups excluding carboxylic acids is 2. The number of amides is 1. The highest BCUT2D eigenvalue weighted by atomic mass is 16.5. The van der Waals surface area contributed by atoms with Gasteiger partial charge in [-0.05, 0) is 43.2 Å². The second-order valence-electron chi connectivity index (χ2n) is 8.04. The third kappa shape index (κ3) is 4.84. The largest absolute Gasteiger partial charge is 0.507 e. The molecule has 0 radical (unpaired) electrons. The molecule has 9 nitrogen and oxygen atoms in total. The molecule has 2 N–H and O–H groups in total. The van der Waals surface area contributed by atoms with Crippen molar-refractivity contribution in [2.45, 2.75) is 25.9 Å². The minimum Gasteiger partial charge on any atom is -0.507 e. The SMILES string of the molecule is CCOc1cc(C2/C(=C(\O)c3cccc(OC)c3)C(=O)C(=O)N2CCCn2ccnc2)ccc1O. The van der Waals surface area contributed by atoms with Gasteiger partial charge in [0.25, 0.3) is 11.7 Å². The number of aliphatic hydroxyl groups excluding tert-OH is 1. The molecule has 35 heavy (non-hydrogen) atoms. The summed E-state index contributed by atoms with van der Waals surface area (Å²) in [6.45, 7) is 2.99. The molecular formula is C26H27N3O6. The van der Waals surface area contributed by atoms with Gasteiger partial charge in [0.05, 0.1) is 31.7 Å². The van der Waals surface area contributed by atoms with Gasteiger partial charge in [0.1, 0.15) is 11.5 Å². The van der Waals surface area contributed by atoms with Gasteiger partial charge in [0.15, 0.2) is 11.5 Å². The number of aromatic nitrogens is 2. The fourth-order valence-electron chi connectivity index (χ4n) is 4.20. The molecule has 1 unspecified atom stereocenters. The molecule has 0 aliphatic carbocycles. The van der Waals surface area contributed by atoms with Crippen LogP contribution in [0.1, 0.15) is 30.5 Å². The molecule has 182 valence electrons. The minimum atomic E-state index is -0.858. The van der Waals surface area contributed by atoms with E-state index < -0.39 is 17.7 Å². The number of rotatable bonds is 9. The summed E-state index contributed by atoms with van der Waals surface area (Å²) in [4.78, 5) is 31.8. The maximum Gasteiger partial charge on any atom is 0.295 e. The smallest absolute Gasteiger partial charge is 0.295 e. The van der Waals surface area contributed by atoms with E-state index in [9.17, 15) is 19.8 Å². The molecular weight excluding hydrogens is 450 g/mol. The van der Waals surface area contributed by atoms with Crippen LogP contribution in [0.2, 0.25) is 0 Å². The molecule has 2 aromatic carbocycles. The monoisotopic (exact) mass is 477 g/mol. The van der Waals surface area contributed by atoms with Gasteiger partial charge in [-0.2, -0.15) is 0 Å². The van der Waals surface area contributed by atoms with Crippen LogP contribution < -0.4 is 9.47 Å². The van der Waals surface area contributed by atoms with Crippen molar-refractivity contribution in [1.82, 2.24) is 14.5 Å². The Morgan fingerprint density at radius 1 is 1.14 bits per heavy atom. The van der Waals surface area contributed by atoms with E-state index in [1.165, 1.54) is 18.1 Å². The highest BCUT2D eigenvalue weighted by Crippen LogP contribution is 2.42. The third-order valence-electron chi connectivity index (χ3n) is 5.86. The average Bonchev–Trinajstić information content (AvgIpc) is 3.47. The molecule has 1 aromatic heterocycles. The Morgan fingerprint density at radius 3 is 2.69 bits per heavy atom. The van der Waals surface area contributed by atoms with Crippen molar-refractivity contribution < 1.29 is 29.3 Å². The molecule has 0 spiro atoms. The number of phenolic OH excluding ortho intramolecular Hbond substituents is 1. The van der Waals surface area contributed by atoms with E-state index in [-0.39, 0.29) is 29.4 Å². The number of imidazole rings is 1. The third-order valence-corrected chi connectivity index (χ3v) is 5.86. The Hall–Kier alpha value is -4.27. The lowest BCUT2D eigenvalue weighted by Gasteiger charge is -2.26. The Bertz CT molecular complexity index is 1250. The van der Waals surface area contributed by atoms with Crippen molar-refractivity contribution in [3.63, 3.8) is 0 Å². The van der Waals surface area contributed by atoms with Crippen LogP contribution in [0.4, 0.5) is 0 Å². The van der Waals surface area contributed by atoms with E-state index in [4.69, 9.17) is 9.47 Å². The van der Waals surface area contributed by atoms with E-state index in [0.717, 1.165) is 0 Å². The Balaban J connectivity index is 1.78. The second-order valence-corrected chi connectivity index (χ2v) is 8.04. The van der Waals surface area contributed by atoms with Crippen molar-refractivity contribution in [3.8, 4) is 17.2 Å². The number of aromatic hydroxyl groups is 1. The number of hydrogen-bond donors (Lipinski definition) is 2. The highest BCUT2D eigenvalue weighted by molar-refractivity contribution is 6.46. The zero-order chi connectivity index (χ0) is 24.9. The lowest BCUT2D eigenvalue weighted by molar-refractivity contribution is -0.139. The first kappa shape index (κ1) is 23.9. The van der Waals surface area contributed by atoms with Crippen molar-refractivity contribution in [2.24, 2.45) is 0 Å². The normalized spacial score (nSPS) is 17.1. The number of benzene rings is 2. The van der Waals surface area contributed by atoms with E-state index in [2.05, 4.69) is 4.98 Å². The van der Waals surface area contributed by atoms with Gasteiger partial charge in [-0.25, -0.2) is 4.98 Å². The predicted octanol–water partition coefficient (Wildman–Crippen LogP) is 3.51. The molecule has 0 saturated carbocycles. The fraction of sp³-hybridized carbons (Fsp3) is 0.269. The lowest BCUT2D eigenvalue weighted by Crippen LogP contribution is -2.31. The molecule has 2 heterocycles. The molecule has 1 amide bonds. The number of ketones is 1. The van der Waals surface area contributed by atoms with Gasteiger partial charge >= 0.3 is 0 Å². The van der Waals surface area contributed by atoms with Gasteiger partial charge in [-0.15, -0.1) is 0 Å². The second kappa shape index (κ2) is 10.3. The molecule has 0 bridgehead atoms. The zero-order valence-electron chi connectivity index (χ0n) is 19.5. The zero-order valence-corrected chi connectivity index (χ0v) is 19.5. The first-order valence-corrected chi connectivity index (χ1v) is 11.3. The van der Waals surface area contributed by atoms with Crippen LogP contribution >= 0.6 is 0 Å². The number of phenols is 1. The molecule has 9 heteroatoms. The molecule has 1 aliphatic heterocycles. The number of methoxy groups -OCH3 is 1. The number of carbonyl (C=O) groups is 2. The van der Waals surface area contributed by atoms with Crippen molar-refractivity contribution in [3.05, 3.63) is 77.9 Å². The highest BCUT2D eigenvalue weighted by Gasteiger charge is 2.46. The molecule has 1 aliphatic rings. The summed E-state index contributed by atoms with van der Waals surface area (Å²) >= 11 is 0. The van der Waals surface area contributed by atoms with Crippen LogP contribution in [0, 0.1) is 0 Å². The first-order chi connectivity index (χ1) is 16.9. The first-order valence-electron chi connectivity index (χ1n) is 11.3. The summed E-state index contributed by atoms with van der Waals surface area (Å²) in [5, 5.41) is 21.4. The number of aliphatic hydroxyl groups is 1. The maximum absolute atomic E-state index is 13.2. The summed E-state index contributed by atoms with van der Waals surface area (Å²) in [5.74, 6) is -1.09. The van der Waals surface area contributed by atoms with Crippen molar-refractivity contribution in [1.29, 1.82) is 0 Å². The molecule has 1 saturated heterocycles. The molecule has 4 rings (SSSR count). The Labute approximate surface area is 202 Å². The number of hydrogen-bond acceptors (Lipinski definition) is 7. The van der Waals surface area contributed by atoms with Crippen molar-refractivity contribution >= 4 is 17.4 Å². The van der Waals surface area contributed by atoms with E-state index in [1.54, 1.807) is 55.8 Å². The van der Waals surface area contributed by atoms with Crippen LogP contribution in [-0.4, -0.2) is 56.6 Å². The van der Waals surface area contributed by atoms with E-state index in [0.29, 0.717) is 36.4 Å². The summed E-state index contributed by atoms with van der Waals surface area (Å²) in [5.41, 5.74) is 0.867. The van der Waals surface area contributed by atoms with Crippen LogP contribution in [0.3, 0.4) is 0 Å². The molecule has 1 atom stereocenters. The lowest BCUT2D eigenvalue weighted by atomic mass is 9.95.